The summed E-state index contributed by atoms with van der Waals surface area (Å²) in [6.45, 7) is 4.59. The molecule has 3 aromatic carbocycles. The van der Waals surface area contributed by atoms with Crippen LogP contribution in [0.2, 0.25) is 10.0 Å². The minimum Gasteiger partial charge on any atom is -0.355 e. The molecule has 1 aliphatic rings. The number of rotatable bonds is 9. The molecule has 0 unspecified atom stereocenters. The summed E-state index contributed by atoms with van der Waals surface area (Å²) in [4.78, 5) is 42.2. The van der Waals surface area contributed by atoms with Gasteiger partial charge >= 0.3 is 0 Å². The zero-order valence-corrected chi connectivity index (χ0v) is 21.2. The zero-order chi connectivity index (χ0) is 25.1. The van der Waals surface area contributed by atoms with Crippen molar-refractivity contribution in [3.63, 3.8) is 0 Å². The van der Waals surface area contributed by atoms with Crippen molar-refractivity contribution in [2.45, 2.75) is 39.3 Å². The highest BCUT2D eigenvalue weighted by Crippen LogP contribution is 2.37. The summed E-state index contributed by atoms with van der Waals surface area (Å²) in [5, 5.41) is 5.69. The number of nitrogens with one attached hydrogen (secondary N) is 1. The second-order valence-corrected chi connectivity index (χ2v) is 9.41. The monoisotopic (exact) mass is 511 g/mol. The van der Waals surface area contributed by atoms with Crippen LogP contribution in [0.25, 0.3) is 10.8 Å². The van der Waals surface area contributed by atoms with E-state index < -0.39 is 6.04 Å². The van der Waals surface area contributed by atoms with Gasteiger partial charge in [-0.25, -0.2) is 0 Å². The number of anilines is 1. The predicted octanol–water partition coefficient (Wildman–Crippen LogP) is 5.44. The van der Waals surface area contributed by atoms with Gasteiger partial charge < -0.3 is 15.1 Å². The van der Waals surface area contributed by atoms with Crippen LogP contribution in [0.1, 0.15) is 42.6 Å². The Morgan fingerprint density at radius 3 is 2.54 bits per heavy atom. The van der Waals surface area contributed by atoms with Crippen LogP contribution in [0.15, 0.2) is 54.6 Å². The summed E-state index contributed by atoms with van der Waals surface area (Å²) in [6, 6.07) is 16.0. The summed E-state index contributed by atoms with van der Waals surface area (Å²) >= 11 is 12.4. The van der Waals surface area contributed by atoms with E-state index in [1.54, 1.807) is 30.0 Å². The first-order chi connectivity index (χ1) is 16.8. The predicted molar refractivity (Wildman–Crippen MR) is 140 cm³/mol. The fourth-order valence-electron chi connectivity index (χ4n) is 4.47. The number of hydrogen-bond donors (Lipinski definition) is 1. The molecular formula is C27H27Cl2N3O3. The van der Waals surface area contributed by atoms with E-state index in [0.29, 0.717) is 40.7 Å². The number of carbonyl (C=O) groups is 3. The first-order valence-corrected chi connectivity index (χ1v) is 12.4. The lowest BCUT2D eigenvalue weighted by Gasteiger charge is -2.29. The molecule has 0 radical (unpaired) electrons. The molecule has 0 spiro atoms. The second-order valence-electron chi connectivity index (χ2n) is 8.57. The van der Waals surface area contributed by atoms with Crippen LogP contribution in [-0.2, 0) is 16.1 Å². The molecule has 6 nitrogen and oxygen atoms in total. The molecule has 3 aromatic rings. The third kappa shape index (κ3) is 5.14. The smallest absolute Gasteiger partial charge is 0.258 e. The molecule has 1 atom stereocenters. The number of amides is 3. The molecule has 0 saturated heterocycles. The Balaban J connectivity index is 1.47. The van der Waals surface area contributed by atoms with Crippen molar-refractivity contribution in [1.82, 2.24) is 10.2 Å². The summed E-state index contributed by atoms with van der Waals surface area (Å²) in [7, 11) is 0. The molecule has 8 heteroatoms. The van der Waals surface area contributed by atoms with Gasteiger partial charge in [-0.15, -0.1) is 0 Å². The maximum atomic E-state index is 13.3. The standard InChI is InChI=1S/C27H27Cl2N3O3/c1-3-30-26(34)17(2)32(16-19-12-13-20(28)15-22(19)29)24(33)11-6-14-31-23-10-5-8-18-7-4-9-21(25(18)23)27(31)35/h4-5,7-10,12-13,15,17H,3,6,11,14,16H2,1-2H3,(H,30,34)/t17-/m0/s1. The van der Waals surface area contributed by atoms with E-state index >= 15 is 0 Å². The third-order valence-electron chi connectivity index (χ3n) is 6.30. The number of likely N-dealkylation sites (N-methyl/N-ethyl adjacent to an activating group) is 1. The van der Waals surface area contributed by atoms with Crippen LogP contribution >= 0.6 is 23.2 Å². The van der Waals surface area contributed by atoms with E-state index in [-0.39, 0.29) is 30.7 Å². The van der Waals surface area contributed by atoms with Crippen molar-refractivity contribution >= 4 is 57.4 Å². The highest BCUT2D eigenvalue weighted by atomic mass is 35.5. The fraction of sp³-hybridized carbons (Fsp3) is 0.296. The molecule has 0 bridgehead atoms. The number of benzene rings is 3. The summed E-state index contributed by atoms with van der Waals surface area (Å²) < 4.78 is 0. The molecule has 0 aliphatic carbocycles. The van der Waals surface area contributed by atoms with Gasteiger partial charge in [-0.1, -0.05) is 53.5 Å². The van der Waals surface area contributed by atoms with Crippen molar-refractivity contribution in [2.75, 3.05) is 18.0 Å². The summed E-state index contributed by atoms with van der Waals surface area (Å²) in [5.41, 5.74) is 2.27. The van der Waals surface area contributed by atoms with Crippen molar-refractivity contribution in [3.05, 3.63) is 75.8 Å². The molecule has 1 heterocycles. The van der Waals surface area contributed by atoms with Crippen molar-refractivity contribution in [1.29, 1.82) is 0 Å². The Hall–Kier alpha value is -3.09. The molecule has 1 N–H and O–H groups in total. The number of nitrogens with zero attached hydrogens (tertiary/aromatic N) is 2. The highest BCUT2D eigenvalue weighted by Gasteiger charge is 2.30. The molecule has 0 saturated carbocycles. The van der Waals surface area contributed by atoms with Crippen LogP contribution in [0.3, 0.4) is 0 Å². The Morgan fingerprint density at radius 1 is 1.09 bits per heavy atom. The van der Waals surface area contributed by atoms with Crippen LogP contribution in [-0.4, -0.2) is 41.8 Å². The van der Waals surface area contributed by atoms with Gasteiger partial charge in [0.2, 0.25) is 11.8 Å². The van der Waals surface area contributed by atoms with Gasteiger partial charge in [0, 0.05) is 47.1 Å². The second kappa shape index (κ2) is 10.7. The maximum absolute atomic E-state index is 13.3. The zero-order valence-electron chi connectivity index (χ0n) is 19.7. The molecular weight excluding hydrogens is 485 g/mol. The van der Waals surface area contributed by atoms with E-state index in [0.717, 1.165) is 16.5 Å². The van der Waals surface area contributed by atoms with Gasteiger partial charge in [-0.2, -0.15) is 0 Å². The van der Waals surface area contributed by atoms with Gasteiger partial charge in [0.05, 0.1) is 5.69 Å². The lowest BCUT2D eigenvalue weighted by Crippen LogP contribution is -2.47. The normalized spacial score (nSPS) is 13.3. The largest absolute Gasteiger partial charge is 0.355 e. The van der Waals surface area contributed by atoms with Crippen LogP contribution in [0.5, 0.6) is 0 Å². The molecule has 1 aliphatic heterocycles. The molecule has 0 fully saturated rings. The van der Waals surface area contributed by atoms with Crippen LogP contribution in [0.4, 0.5) is 5.69 Å². The topological polar surface area (TPSA) is 69.7 Å². The summed E-state index contributed by atoms with van der Waals surface area (Å²) in [6.07, 6.45) is 0.646. The molecule has 4 rings (SSSR count). The van der Waals surface area contributed by atoms with E-state index in [4.69, 9.17) is 23.2 Å². The quantitative estimate of drug-likeness (QED) is 0.415. The Labute approximate surface area is 214 Å². The van der Waals surface area contributed by atoms with Crippen LogP contribution < -0.4 is 10.2 Å². The van der Waals surface area contributed by atoms with E-state index in [1.165, 1.54) is 4.90 Å². The minimum absolute atomic E-state index is 0.0512. The SMILES string of the molecule is CCNC(=O)[C@H](C)N(Cc1ccc(Cl)cc1Cl)C(=O)CCCN1C(=O)c2cccc3cccc1c23. The molecule has 0 aromatic heterocycles. The van der Waals surface area contributed by atoms with Gasteiger partial charge in [0.25, 0.3) is 5.91 Å². The Morgan fingerprint density at radius 2 is 1.83 bits per heavy atom. The van der Waals surface area contributed by atoms with Crippen molar-refractivity contribution in [3.8, 4) is 0 Å². The first kappa shape index (κ1) is 25.0. The summed E-state index contributed by atoms with van der Waals surface area (Å²) in [5.74, 6) is -0.468. The van der Waals surface area contributed by atoms with E-state index in [1.807, 2.05) is 43.3 Å². The van der Waals surface area contributed by atoms with Gasteiger partial charge in [0.15, 0.2) is 0 Å². The van der Waals surface area contributed by atoms with Crippen molar-refractivity contribution in [2.24, 2.45) is 0 Å². The highest BCUT2D eigenvalue weighted by molar-refractivity contribution is 6.35. The average molecular weight is 512 g/mol. The lowest BCUT2D eigenvalue weighted by molar-refractivity contribution is -0.140. The van der Waals surface area contributed by atoms with Crippen LogP contribution in [0, 0.1) is 0 Å². The molecule has 35 heavy (non-hydrogen) atoms. The number of carbonyl (C=O) groups excluding carboxylic acids is 3. The van der Waals surface area contributed by atoms with Gasteiger partial charge in [-0.05, 0) is 55.5 Å². The third-order valence-corrected chi connectivity index (χ3v) is 6.88. The Kier molecular flexibility index (Phi) is 7.63. The number of halogens is 2. The molecule has 3 amide bonds. The minimum atomic E-state index is -0.680. The van der Waals surface area contributed by atoms with E-state index in [2.05, 4.69) is 5.32 Å². The maximum Gasteiger partial charge on any atom is 0.258 e. The molecule has 182 valence electrons. The fourth-order valence-corrected chi connectivity index (χ4v) is 4.94. The van der Waals surface area contributed by atoms with Gasteiger partial charge in [0.1, 0.15) is 6.04 Å². The first-order valence-electron chi connectivity index (χ1n) is 11.7. The van der Waals surface area contributed by atoms with Crippen molar-refractivity contribution < 1.29 is 14.4 Å². The van der Waals surface area contributed by atoms with Gasteiger partial charge in [-0.3, -0.25) is 14.4 Å². The average Bonchev–Trinajstić information content (AvgIpc) is 3.11. The lowest BCUT2D eigenvalue weighted by atomic mass is 10.1. The number of hydrogen-bond acceptors (Lipinski definition) is 3. The Bertz CT molecular complexity index is 1290. The van der Waals surface area contributed by atoms with E-state index in [9.17, 15) is 14.4 Å².